The van der Waals surface area contributed by atoms with Gasteiger partial charge in [-0.3, -0.25) is 9.97 Å². The maximum atomic E-state index is 12.5. The Morgan fingerprint density at radius 1 is 1.28 bits per heavy atom. The Hall–Kier alpha value is -2.18. The molecule has 0 spiro atoms. The van der Waals surface area contributed by atoms with Gasteiger partial charge in [-0.1, -0.05) is 0 Å². The molecule has 0 aromatic carbocycles. The molecule has 0 atom stereocenters. The molecule has 2 aromatic heterocycles. The first-order valence-electron chi connectivity index (χ1n) is 4.86. The van der Waals surface area contributed by atoms with Crippen LogP contribution in [0.15, 0.2) is 18.5 Å². The van der Waals surface area contributed by atoms with Gasteiger partial charge in [-0.25, -0.2) is 4.79 Å². The third-order valence-corrected chi connectivity index (χ3v) is 2.52. The lowest BCUT2D eigenvalue weighted by molar-refractivity contribution is -0.137. The van der Waals surface area contributed by atoms with Crippen LogP contribution in [0.2, 0.25) is 0 Å². The molecule has 0 radical (unpaired) electrons. The van der Waals surface area contributed by atoms with E-state index in [0.29, 0.717) is 11.8 Å². The summed E-state index contributed by atoms with van der Waals surface area (Å²) < 4.78 is 37.4. The Bertz CT molecular complexity index is 638. The highest BCUT2D eigenvalue weighted by molar-refractivity contribution is 5.94. The average Bonchev–Trinajstić information content (AvgIpc) is 2.27. The quantitative estimate of drug-likeness (QED) is 0.851. The van der Waals surface area contributed by atoms with Crippen LogP contribution in [0.1, 0.15) is 21.5 Å². The van der Waals surface area contributed by atoms with E-state index in [2.05, 4.69) is 9.97 Å². The van der Waals surface area contributed by atoms with Crippen LogP contribution in [0.25, 0.3) is 11.0 Å². The van der Waals surface area contributed by atoms with E-state index in [-0.39, 0.29) is 16.6 Å². The van der Waals surface area contributed by atoms with Crippen molar-refractivity contribution in [2.45, 2.75) is 13.1 Å². The van der Waals surface area contributed by atoms with E-state index >= 15 is 0 Å². The highest BCUT2D eigenvalue weighted by atomic mass is 19.4. The highest BCUT2D eigenvalue weighted by Gasteiger charge is 2.31. The monoisotopic (exact) mass is 256 g/mol. The molecule has 0 bridgehead atoms. The zero-order valence-corrected chi connectivity index (χ0v) is 9.12. The Morgan fingerprint density at radius 3 is 2.50 bits per heavy atom. The van der Waals surface area contributed by atoms with Crippen molar-refractivity contribution in [3.63, 3.8) is 0 Å². The second-order valence-electron chi connectivity index (χ2n) is 3.69. The normalized spacial score (nSPS) is 11.8. The van der Waals surface area contributed by atoms with Crippen molar-refractivity contribution in [2.75, 3.05) is 0 Å². The van der Waals surface area contributed by atoms with Gasteiger partial charge in [0.2, 0.25) is 0 Å². The minimum absolute atomic E-state index is 0.0207. The predicted octanol–water partition coefficient (Wildman–Crippen LogP) is 2.66. The standard InChI is InChI=1S/C11H7F3N2O2/c1-5-7(10(17)18)4-15-8-2-6(11(12,13)14)3-16-9(5)8/h2-4H,1H3,(H,17,18). The first-order valence-corrected chi connectivity index (χ1v) is 4.86. The number of carboxylic acid groups (broad SMARTS) is 1. The Morgan fingerprint density at radius 2 is 1.94 bits per heavy atom. The minimum atomic E-state index is -4.50. The molecule has 2 aromatic rings. The highest BCUT2D eigenvalue weighted by Crippen LogP contribution is 2.30. The smallest absolute Gasteiger partial charge is 0.417 e. The fraction of sp³-hybridized carbons (Fsp3) is 0.182. The zero-order chi connectivity index (χ0) is 13.5. The predicted molar refractivity (Wildman–Crippen MR) is 56.2 cm³/mol. The minimum Gasteiger partial charge on any atom is -0.478 e. The molecule has 94 valence electrons. The summed E-state index contributed by atoms with van der Waals surface area (Å²) in [6.07, 6.45) is -2.80. The number of aromatic nitrogens is 2. The molecule has 2 rings (SSSR count). The van der Waals surface area contributed by atoms with E-state index in [9.17, 15) is 18.0 Å². The van der Waals surface area contributed by atoms with E-state index in [0.717, 1.165) is 12.3 Å². The van der Waals surface area contributed by atoms with Gasteiger partial charge in [-0.05, 0) is 18.6 Å². The lowest BCUT2D eigenvalue weighted by Crippen LogP contribution is -2.07. The van der Waals surface area contributed by atoms with Crippen LogP contribution in [-0.4, -0.2) is 21.0 Å². The lowest BCUT2D eigenvalue weighted by Gasteiger charge is -2.08. The Kier molecular flexibility index (Phi) is 2.68. The van der Waals surface area contributed by atoms with Gasteiger partial charge in [0.05, 0.1) is 22.2 Å². The average molecular weight is 256 g/mol. The van der Waals surface area contributed by atoms with E-state index < -0.39 is 17.7 Å². The summed E-state index contributed by atoms with van der Waals surface area (Å²) in [5.41, 5.74) is -0.517. The molecule has 0 aliphatic heterocycles. The fourth-order valence-corrected chi connectivity index (χ4v) is 1.57. The van der Waals surface area contributed by atoms with Crippen LogP contribution in [0.5, 0.6) is 0 Å². The van der Waals surface area contributed by atoms with Gasteiger partial charge in [-0.15, -0.1) is 0 Å². The molecule has 0 fully saturated rings. The summed E-state index contributed by atoms with van der Waals surface area (Å²) >= 11 is 0. The van der Waals surface area contributed by atoms with E-state index in [1.54, 1.807) is 0 Å². The number of pyridine rings is 2. The molecule has 0 aliphatic carbocycles. The summed E-state index contributed by atoms with van der Waals surface area (Å²) in [6, 6.07) is 0.848. The summed E-state index contributed by atoms with van der Waals surface area (Å²) in [4.78, 5) is 18.2. The number of halogens is 3. The molecule has 2 heterocycles. The van der Waals surface area contributed by atoms with Gasteiger partial charge in [0, 0.05) is 12.4 Å². The maximum Gasteiger partial charge on any atom is 0.417 e. The van der Waals surface area contributed by atoms with Gasteiger partial charge in [0.15, 0.2) is 0 Å². The van der Waals surface area contributed by atoms with Crippen molar-refractivity contribution in [1.82, 2.24) is 9.97 Å². The fourth-order valence-electron chi connectivity index (χ4n) is 1.57. The topological polar surface area (TPSA) is 63.1 Å². The number of alkyl halides is 3. The molecule has 1 N–H and O–H groups in total. The molecule has 0 unspecified atom stereocenters. The third-order valence-electron chi connectivity index (χ3n) is 2.52. The number of carboxylic acids is 1. The molecule has 0 amide bonds. The van der Waals surface area contributed by atoms with Crippen LogP contribution in [0.3, 0.4) is 0 Å². The van der Waals surface area contributed by atoms with Crippen LogP contribution in [-0.2, 0) is 6.18 Å². The largest absolute Gasteiger partial charge is 0.478 e. The Labute approximate surface area is 99.1 Å². The number of rotatable bonds is 1. The summed E-state index contributed by atoms with van der Waals surface area (Å²) in [5.74, 6) is -1.19. The molecular formula is C11H7F3N2O2. The zero-order valence-electron chi connectivity index (χ0n) is 9.12. The van der Waals surface area contributed by atoms with Crippen molar-refractivity contribution in [3.05, 3.63) is 35.2 Å². The van der Waals surface area contributed by atoms with Crippen molar-refractivity contribution in [3.8, 4) is 0 Å². The van der Waals surface area contributed by atoms with Gasteiger partial charge in [0.1, 0.15) is 0 Å². The van der Waals surface area contributed by atoms with Crippen LogP contribution in [0, 0.1) is 6.92 Å². The Balaban J connectivity index is 2.69. The summed E-state index contributed by atoms with van der Waals surface area (Å²) in [5, 5.41) is 8.86. The lowest BCUT2D eigenvalue weighted by atomic mass is 10.1. The van der Waals surface area contributed by atoms with Crippen LogP contribution < -0.4 is 0 Å². The maximum absolute atomic E-state index is 12.5. The molecule has 0 aliphatic rings. The van der Waals surface area contributed by atoms with Crippen molar-refractivity contribution in [1.29, 1.82) is 0 Å². The van der Waals surface area contributed by atoms with E-state index in [1.165, 1.54) is 6.92 Å². The number of hydrogen-bond donors (Lipinski definition) is 1. The molecule has 0 saturated carbocycles. The number of carbonyl (C=O) groups is 1. The van der Waals surface area contributed by atoms with Crippen molar-refractivity contribution in [2.24, 2.45) is 0 Å². The van der Waals surface area contributed by atoms with Gasteiger partial charge in [0.25, 0.3) is 0 Å². The number of fused-ring (bicyclic) bond motifs is 1. The molecular weight excluding hydrogens is 249 g/mol. The van der Waals surface area contributed by atoms with Crippen LogP contribution >= 0.6 is 0 Å². The number of hydrogen-bond acceptors (Lipinski definition) is 3. The van der Waals surface area contributed by atoms with Crippen molar-refractivity contribution >= 4 is 17.0 Å². The number of aromatic carboxylic acids is 1. The number of nitrogens with zero attached hydrogens (tertiary/aromatic N) is 2. The first kappa shape index (κ1) is 12.3. The molecule has 0 saturated heterocycles. The van der Waals surface area contributed by atoms with E-state index in [4.69, 9.17) is 5.11 Å². The van der Waals surface area contributed by atoms with Gasteiger partial charge in [-0.2, -0.15) is 13.2 Å². The SMILES string of the molecule is Cc1c(C(=O)O)cnc2cc(C(F)(F)F)cnc12. The van der Waals surface area contributed by atoms with Gasteiger partial charge < -0.3 is 5.11 Å². The second kappa shape index (κ2) is 3.94. The second-order valence-corrected chi connectivity index (χ2v) is 3.69. The number of aryl methyl sites for hydroxylation is 1. The van der Waals surface area contributed by atoms with E-state index in [1.807, 2.05) is 0 Å². The summed E-state index contributed by atoms with van der Waals surface area (Å²) in [7, 11) is 0. The summed E-state index contributed by atoms with van der Waals surface area (Å²) in [6.45, 7) is 1.48. The van der Waals surface area contributed by atoms with Crippen LogP contribution in [0.4, 0.5) is 13.2 Å². The molecule has 18 heavy (non-hydrogen) atoms. The third kappa shape index (κ3) is 1.99. The first-order chi connectivity index (χ1) is 8.30. The van der Waals surface area contributed by atoms with Gasteiger partial charge >= 0.3 is 12.1 Å². The molecule has 4 nitrogen and oxygen atoms in total. The van der Waals surface area contributed by atoms with Crippen molar-refractivity contribution < 1.29 is 23.1 Å². The molecule has 7 heteroatoms.